The van der Waals surface area contributed by atoms with Crippen molar-refractivity contribution < 1.29 is 9.53 Å². The number of anilines is 1. The van der Waals surface area contributed by atoms with Gasteiger partial charge in [-0.1, -0.05) is 18.2 Å². The molecule has 1 aromatic rings. The lowest BCUT2D eigenvalue weighted by Crippen LogP contribution is -2.48. The van der Waals surface area contributed by atoms with E-state index in [1.807, 2.05) is 4.90 Å². The standard InChI is InChI=1S/C19H29N3O2/c1-20(11-9-19(23)21-12-14-24-15-13-21)18-8-5-10-22(16-18)17-6-3-2-4-7-17/h2-4,6-7,18H,5,8-16H2,1H3/t18-/m1/s1. The van der Waals surface area contributed by atoms with Crippen LogP contribution in [0.5, 0.6) is 0 Å². The van der Waals surface area contributed by atoms with E-state index >= 15 is 0 Å². The van der Waals surface area contributed by atoms with E-state index in [9.17, 15) is 4.79 Å². The molecule has 0 radical (unpaired) electrons. The fourth-order valence-corrected chi connectivity index (χ4v) is 3.61. The van der Waals surface area contributed by atoms with Crippen molar-refractivity contribution in [3.8, 4) is 0 Å². The highest BCUT2D eigenvalue weighted by molar-refractivity contribution is 5.76. The summed E-state index contributed by atoms with van der Waals surface area (Å²) in [5, 5.41) is 0. The van der Waals surface area contributed by atoms with Crippen molar-refractivity contribution in [2.45, 2.75) is 25.3 Å². The lowest BCUT2D eigenvalue weighted by atomic mass is 10.0. The maximum atomic E-state index is 12.3. The number of rotatable bonds is 5. The van der Waals surface area contributed by atoms with Crippen molar-refractivity contribution in [3.63, 3.8) is 0 Å². The van der Waals surface area contributed by atoms with E-state index in [1.54, 1.807) is 0 Å². The van der Waals surface area contributed by atoms with E-state index in [-0.39, 0.29) is 5.91 Å². The van der Waals surface area contributed by atoms with Crippen molar-refractivity contribution in [2.24, 2.45) is 0 Å². The molecule has 2 heterocycles. The van der Waals surface area contributed by atoms with Gasteiger partial charge in [0.1, 0.15) is 0 Å². The molecule has 0 bridgehead atoms. The Morgan fingerprint density at radius 1 is 1.21 bits per heavy atom. The minimum atomic E-state index is 0.265. The summed E-state index contributed by atoms with van der Waals surface area (Å²) in [6.07, 6.45) is 3.03. The predicted octanol–water partition coefficient (Wildman–Crippen LogP) is 1.84. The fraction of sp³-hybridized carbons (Fsp3) is 0.632. The van der Waals surface area contributed by atoms with Gasteiger partial charge in [0.2, 0.25) is 5.91 Å². The highest BCUT2D eigenvalue weighted by atomic mass is 16.5. The number of piperidine rings is 1. The number of ether oxygens (including phenoxy) is 1. The molecule has 0 spiro atoms. The van der Waals surface area contributed by atoms with Gasteiger partial charge < -0.3 is 19.4 Å². The van der Waals surface area contributed by atoms with E-state index < -0.39 is 0 Å². The number of hydrogen-bond acceptors (Lipinski definition) is 4. The maximum absolute atomic E-state index is 12.3. The molecule has 132 valence electrons. The Kier molecular flexibility index (Phi) is 6.10. The molecule has 2 aliphatic rings. The summed E-state index contributed by atoms with van der Waals surface area (Å²) in [5.41, 5.74) is 1.31. The number of morpholine rings is 1. The monoisotopic (exact) mass is 331 g/mol. The smallest absolute Gasteiger partial charge is 0.224 e. The summed E-state index contributed by atoms with van der Waals surface area (Å²) in [6, 6.07) is 11.2. The normalized spacial score (nSPS) is 22.0. The minimum absolute atomic E-state index is 0.265. The van der Waals surface area contributed by atoms with Crippen molar-refractivity contribution in [1.29, 1.82) is 0 Å². The molecule has 1 aromatic carbocycles. The zero-order valence-electron chi connectivity index (χ0n) is 14.7. The molecule has 0 saturated carbocycles. The van der Waals surface area contributed by atoms with Gasteiger partial charge in [-0.3, -0.25) is 4.79 Å². The zero-order valence-corrected chi connectivity index (χ0v) is 14.7. The number of carbonyl (C=O) groups is 1. The molecular formula is C19H29N3O2. The Balaban J connectivity index is 1.47. The van der Waals surface area contributed by atoms with E-state index in [0.717, 1.165) is 32.7 Å². The molecule has 5 heteroatoms. The van der Waals surface area contributed by atoms with Crippen LogP contribution in [-0.4, -0.2) is 74.7 Å². The Hall–Kier alpha value is -1.59. The van der Waals surface area contributed by atoms with Gasteiger partial charge in [0.25, 0.3) is 0 Å². The first kappa shape index (κ1) is 17.2. The second kappa shape index (κ2) is 8.49. The molecule has 0 aliphatic carbocycles. The predicted molar refractivity (Wildman–Crippen MR) is 96.3 cm³/mol. The molecule has 2 aliphatic heterocycles. The summed E-state index contributed by atoms with van der Waals surface area (Å²) in [7, 11) is 2.16. The summed E-state index contributed by atoms with van der Waals surface area (Å²) >= 11 is 0. The Morgan fingerprint density at radius 3 is 2.71 bits per heavy atom. The van der Waals surface area contributed by atoms with Crippen LogP contribution < -0.4 is 4.90 Å². The molecule has 5 nitrogen and oxygen atoms in total. The number of amides is 1. The van der Waals surface area contributed by atoms with Gasteiger partial charge in [-0.15, -0.1) is 0 Å². The van der Waals surface area contributed by atoms with Gasteiger partial charge in [-0.25, -0.2) is 0 Å². The first-order valence-electron chi connectivity index (χ1n) is 9.10. The highest BCUT2D eigenvalue weighted by Gasteiger charge is 2.24. The van der Waals surface area contributed by atoms with Crippen LogP contribution in [0.3, 0.4) is 0 Å². The van der Waals surface area contributed by atoms with Crippen LogP contribution in [0, 0.1) is 0 Å². The van der Waals surface area contributed by atoms with Gasteiger partial charge in [-0.05, 0) is 32.0 Å². The van der Waals surface area contributed by atoms with Crippen LogP contribution >= 0.6 is 0 Å². The number of likely N-dealkylation sites (N-methyl/N-ethyl adjacent to an activating group) is 1. The lowest BCUT2D eigenvalue weighted by molar-refractivity contribution is -0.135. The third-order valence-electron chi connectivity index (χ3n) is 5.18. The Bertz CT molecular complexity index is 517. The van der Waals surface area contributed by atoms with E-state index in [4.69, 9.17) is 4.74 Å². The van der Waals surface area contributed by atoms with E-state index in [0.29, 0.717) is 25.7 Å². The second-order valence-corrected chi connectivity index (χ2v) is 6.80. The van der Waals surface area contributed by atoms with Gasteiger partial charge in [0, 0.05) is 50.9 Å². The molecule has 0 unspecified atom stereocenters. The van der Waals surface area contributed by atoms with E-state index in [2.05, 4.69) is 47.2 Å². The van der Waals surface area contributed by atoms with Gasteiger partial charge in [0.05, 0.1) is 13.2 Å². The molecular weight excluding hydrogens is 302 g/mol. The van der Waals surface area contributed by atoms with Crippen LogP contribution in [0.4, 0.5) is 5.69 Å². The molecule has 24 heavy (non-hydrogen) atoms. The topological polar surface area (TPSA) is 36.0 Å². The maximum Gasteiger partial charge on any atom is 0.224 e. The van der Waals surface area contributed by atoms with Crippen LogP contribution in [0.25, 0.3) is 0 Å². The molecule has 0 N–H and O–H groups in total. The summed E-state index contributed by atoms with van der Waals surface area (Å²) in [4.78, 5) is 19.1. The van der Waals surface area contributed by atoms with Gasteiger partial charge in [-0.2, -0.15) is 0 Å². The highest BCUT2D eigenvalue weighted by Crippen LogP contribution is 2.21. The van der Waals surface area contributed by atoms with Crippen molar-refractivity contribution in [2.75, 3.05) is 57.9 Å². The van der Waals surface area contributed by atoms with Crippen LogP contribution in [0.2, 0.25) is 0 Å². The molecule has 2 saturated heterocycles. The molecule has 2 fully saturated rings. The average Bonchev–Trinajstić information content (AvgIpc) is 2.67. The Morgan fingerprint density at radius 2 is 1.96 bits per heavy atom. The van der Waals surface area contributed by atoms with Crippen molar-refractivity contribution in [1.82, 2.24) is 9.80 Å². The minimum Gasteiger partial charge on any atom is -0.378 e. The quantitative estimate of drug-likeness (QED) is 0.825. The van der Waals surface area contributed by atoms with Crippen molar-refractivity contribution >= 4 is 11.6 Å². The first-order valence-corrected chi connectivity index (χ1v) is 9.10. The van der Waals surface area contributed by atoms with Crippen LogP contribution in [-0.2, 0) is 9.53 Å². The summed E-state index contributed by atoms with van der Waals surface area (Å²) in [6.45, 7) is 5.85. The number of benzene rings is 1. The second-order valence-electron chi connectivity index (χ2n) is 6.80. The van der Waals surface area contributed by atoms with Gasteiger partial charge in [0.15, 0.2) is 0 Å². The third kappa shape index (κ3) is 4.48. The molecule has 1 amide bonds. The third-order valence-corrected chi connectivity index (χ3v) is 5.18. The number of hydrogen-bond donors (Lipinski definition) is 0. The fourth-order valence-electron chi connectivity index (χ4n) is 3.61. The van der Waals surface area contributed by atoms with Gasteiger partial charge >= 0.3 is 0 Å². The summed E-state index contributed by atoms with van der Waals surface area (Å²) < 4.78 is 5.31. The van der Waals surface area contributed by atoms with E-state index in [1.165, 1.54) is 18.5 Å². The number of nitrogens with zero attached hydrogens (tertiary/aromatic N) is 3. The van der Waals surface area contributed by atoms with Crippen molar-refractivity contribution in [3.05, 3.63) is 30.3 Å². The molecule has 3 rings (SSSR count). The molecule has 1 atom stereocenters. The number of carbonyl (C=O) groups excluding carboxylic acids is 1. The zero-order chi connectivity index (χ0) is 16.8. The van der Waals surface area contributed by atoms with Crippen LogP contribution in [0.1, 0.15) is 19.3 Å². The lowest BCUT2D eigenvalue weighted by Gasteiger charge is -2.39. The summed E-state index contributed by atoms with van der Waals surface area (Å²) in [5.74, 6) is 0.265. The number of para-hydroxylation sites is 1. The van der Waals surface area contributed by atoms with Crippen LogP contribution in [0.15, 0.2) is 30.3 Å². The largest absolute Gasteiger partial charge is 0.378 e. The SMILES string of the molecule is CN(CCC(=O)N1CCOCC1)[C@@H]1CCCN(c2ccccc2)C1. The molecule has 0 aromatic heterocycles. The first-order chi connectivity index (χ1) is 11.7. The Labute approximate surface area is 145 Å². The average molecular weight is 331 g/mol.